The topological polar surface area (TPSA) is 52.3 Å². The third-order valence-corrected chi connectivity index (χ3v) is 2.79. The highest BCUT2D eigenvalue weighted by Crippen LogP contribution is 2.22. The molecule has 0 amide bonds. The van der Waals surface area contributed by atoms with E-state index in [0.29, 0.717) is 11.3 Å². The Morgan fingerprint density at radius 3 is 2.32 bits per heavy atom. The summed E-state index contributed by atoms with van der Waals surface area (Å²) < 4.78 is 4.83. The van der Waals surface area contributed by atoms with E-state index in [9.17, 15) is 4.79 Å². The van der Waals surface area contributed by atoms with Crippen LogP contribution in [0.4, 0.5) is 5.69 Å². The first-order chi connectivity index (χ1) is 9.22. The summed E-state index contributed by atoms with van der Waals surface area (Å²) >= 11 is 0. The quantitative estimate of drug-likeness (QED) is 0.396. The molecule has 19 heavy (non-hydrogen) atoms. The first-order valence-electron chi connectivity index (χ1n) is 5.92. The Balaban J connectivity index is 2.51. The van der Waals surface area contributed by atoms with Crippen LogP contribution < -0.4 is 5.73 Å². The van der Waals surface area contributed by atoms with Crippen LogP contribution >= 0.6 is 0 Å². The number of anilines is 1. The Bertz CT molecular complexity index is 603. The summed E-state index contributed by atoms with van der Waals surface area (Å²) in [6.07, 6.45) is 1.75. The van der Waals surface area contributed by atoms with Gasteiger partial charge in [0.25, 0.3) is 0 Å². The number of para-hydroxylation sites is 1. The number of nitrogen functional groups attached to an aromatic ring is 1. The van der Waals surface area contributed by atoms with Crippen LogP contribution in [0.2, 0.25) is 0 Å². The maximum absolute atomic E-state index is 11.9. The van der Waals surface area contributed by atoms with E-state index in [0.717, 1.165) is 11.1 Å². The SMILES string of the molecule is COC(=O)/C(=C/c1ccccc1N)c1ccccc1. The molecule has 0 radical (unpaired) electrons. The van der Waals surface area contributed by atoms with Gasteiger partial charge in [0.05, 0.1) is 12.7 Å². The Morgan fingerprint density at radius 2 is 1.68 bits per heavy atom. The molecule has 2 aromatic rings. The van der Waals surface area contributed by atoms with Crippen LogP contribution in [0.3, 0.4) is 0 Å². The third-order valence-electron chi connectivity index (χ3n) is 2.79. The molecule has 3 nitrogen and oxygen atoms in total. The largest absolute Gasteiger partial charge is 0.465 e. The number of carbonyl (C=O) groups excluding carboxylic acids is 1. The Labute approximate surface area is 112 Å². The molecule has 0 spiro atoms. The van der Waals surface area contributed by atoms with Crippen molar-refractivity contribution in [2.45, 2.75) is 0 Å². The molecule has 0 atom stereocenters. The zero-order valence-corrected chi connectivity index (χ0v) is 10.7. The Kier molecular flexibility index (Phi) is 3.98. The monoisotopic (exact) mass is 253 g/mol. The third kappa shape index (κ3) is 3.01. The second kappa shape index (κ2) is 5.87. The zero-order chi connectivity index (χ0) is 13.7. The number of hydrogen-bond acceptors (Lipinski definition) is 3. The van der Waals surface area contributed by atoms with Crippen molar-refractivity contribution in [3.8, 4) is 0 Å². The van der Waals surface area contributed by atoms with Gasteiger partial charge >= 0.3 is 5.97 Å². The first-order valence-corrected chi connectivity index (χ1v) is 5.92. The molecule has 0 aliphatic heterocycles. The van der Waals surface area contributed by atoms with E-state index >= 15 is 0 Å². The lowest BCUT2D eigenvalue weighted by Gasteiger charge is -2.07. The van der Waals surface area contributed by atoms with Gasteiger partial charge in [0, 0.05) is 5.69 Å². The minimum atomic E-state index is -0.380. The van der Waals surface area contributed by atoms with Crippen LogP contribution in [-0.2, 0) is 9.53 Å². The molecule has 2 N–H and O–H groups in total. The number of hydrogen-bond donors (Lipinski definition) is 1. The second-order valence-electron chi connectivity index (χ2n) is 4.04. The fourth-order valence-corrected chi connectivity index (χ4v) is 1.79. The van der Waals surface area contributed by atoms with Gasteiger partial charge in [-0.2, -0.15) is 0 Å². The number of ether oxygens (including phenoxy) is 1. The highest BCUT2D eigenvalue weighted by atomic mass is 16.5. The predicted molar refractivity (Wildman–Crippen MR) is 77.2 cm³/mol. The van der Waals surface area contributed by atoms with E-state index in [1.807, 2.05) is 48.5 Å². The van der Waals surface area contributed by atoms with Crippen molar-refractivity contribution in [2.75, 3.05) is 12.8 Å². The van der Waals surface area contributed by atoms with Gasteiger partial charge in [-0.15, -0.1) is 0 Å². The van der Waals surface area contributed by atoms with Gasteiger partial charge in [-0.1, -0.05) is 48.5 Å². The van der Waals surface area contributed by atoms with Crippen molar-refractivity contribution < 1.29 is 9.53 Å². The molecule has 0 aromatic heterocycles. The normalized spacial score (nSPS) is 11.1. The van der Waals surface area contributed by atoms with Gasteiger partial charge < -0.3 is 10.5 Å². The molecule has 0 fully saturated rings. The molecular weight excluding hydrogens is 238 g/mol. The molecule has 0 unspecified atom stereocenters. The van der Waals surface area contributed by atoms with Crippen molar-refractivity contribution in [1.82, 2.24) is 0 Å². The van der Waals surface area contributed by atoms with E-state index in [2.05, 4.69) is 0 Å². The van der Waals surface area contributed by atoms with Crippen LogP contribution in [0.5, 0.6) is 0 Å². The molecule has 0 saturated carbocycles. The van der Waals surface area contributed by atoms with Crippen molar-refractivity contribution in [1.29, 1.82) is 0 Å². The lowest BCUT2D eigenvalue weighted by atomic mass is 10.0. The smallest absolute Gasteiger partial charge is 0.338 e. The number of esters is 1. The molecule has 2 aromatic carbocycles. The minimum absolute atomic E-state index is 0.380. The van der Waals surface area contributed by atoms with E-state index in [1.165, 1.54) is 7.11 Å². The van der Waals surface area contributed by atoms with Gasteiger partial charge in [-0.25, -0.2) is 4.79 Å². The second-order valence-corrected chi connectivity index (χ2v) is 4.04. The first kappa shape index (κ1) is 12.9. The lowest BCUT2D eigenvalue weighted by Crippen LogP contribution is -2.04. The number of benzene rings is 2. The average Bonchev–Trinajstić information content (AvgIpc) is 2.46. The standard InChI is InChI=1S/C16H15NO2/c1-19-16(18)14(12-7-3-2-4-8-12)11-13-9-5-6-10-15(13)17/h2-11H,17H2,1H3/b14-11+. The molecule has 0 aliphatic rings. The van der Waals surface area contributed by atoms with E-state index in [-0.39, 0.29) is 5.97 Å². The number of rotatable bonds is 3. The molecule has 2 rings (SSSR count). The molecule has 96 valence electrons. The average molecular weight is 253 g/mol. The molecule has 0 saturated heterocycles. The fourth-order valence-electron chi connectivity index (χ4n) is 1.79. The summed E-state index contributed by atoms with van der Waals surface area (Å²) in [6.45, 7) is 0. The van der Waals surface area contributed by atoms with E-state index < -0.39 is 0 Å². The summed E-state index contributed by atoms with van der Waals surface area (Å²) in [7, 11) is 1.37. The minimum Gasteiger partial charge on any atom is -0.465 e. The number of carbonyl (C=O) groups is 1. The van der Waals surface area contributed by atoms with Crippen molar-refractivity contribution in [3.63, 3.8) is 0 Å². The Morgan fingerprint density at radius 1 is 1.05 bits per heavy atom. The summed E-state index contributed by atoms with van der Waals surface area (Å²) in [5, 5.41) is 0. The molecular formula is C16H15NO2. The fraction of sp³-hybridized carbons (Fsp3) is 0.0625. The maximum atomic E-state index is 11.9. The van der Waals surface area contributed by atoms with E-state index in [4.69, 9.17) is 10.5 Å². The molecule has 0 aliphatic carbocycles. The van der Waals surface area contributed by atoms with Gasteiger partial charge in [-0.05, 0) is 23.3 Å². The van der Waals surface area contributed by atoms with Crippen LogP contribution in [0, 0.1) is 0 Å². The molecule has 3 heteroatoms. The van der Waals surface area contributed by atoms with Crippen molar-refractivity contribution >= 4 is 23.3 Å². The van der Waals surface area contributed by atoms with Crippen LogP contribution in [0.1, 0.15) is 11.1 Å². The van der Waals surface area contributed by atoms with Gasteiger partial charge in [0.1, 0.15) is 0 Å². The van der Waals surface area contributed by atoms with E-state index in [1.54, 1.807) is 12.1 Å². The number of methoxy groups -OCH3 is 1. The van der Waals surface area contributed by atoms with Gasteiger partial charge in [0.2, 0.25) is 0 Å². The number of nitrogens with two attached hydrogens (primary N) is 1. The molecule has 0 bridgehead atoms. The Hall–Kier alpha value is -2.55. The van der Waals surface area contributed by atoms with Gasteiger partial charge in [0.15, 0.2) is 0 Å². The highest BCUT2D eigenvalue weighted by Gasteiger charge is 2.12. The van der Waals surface area contributed by atoms with Crippen molar-refractivity contribution in [3.05, 3.63) is 65.7 Å². The summed E-state index contributed by atoms with van der Waals surface area (Å²) in [6, 6.07) is 16.8. The van der Waals surface area contributed by atoms with Crippen LogP contribution in [0.15, 0.2) is 54.6 Å². The summed E-state index contributed by atoms with van der Waals surface area (Å²) in [4.78, 5) is 11.9. The summed E-state index contributed by atoms with van der Waals surface area (Å²) in [5.41, 5.74) is 8.60. The van der Waals surface area contributed by atoms with Gasteiger partial charge in [-0.3, -0.25) is 0 Å². The van der Waals surface area contributed by atoms with Crippen LogP contribution in [-0.4, -0.2) is 13.1 Å². The zero-order valence-electron chi connectivity index (χ0n) is 10.7. The van der Waals surface area contributed by atoms with Crippen molar-refractivity contribution in [2.24, 2.45) is 0 Å². The van der Waals surface area contributed by atoms with Crippen LogP contribution in [0.25, 0.3) is 11.6 Å². The molecule has 0 heterocycles. The summed E-state index contributed by atoms with van der Waals surface area (Å²) in [5.74, 6) is -0.380. The lowest BCUT2D eigenvalue weighted by molar-refractivity contribution is -0.133. The highest BCUT2D eigenvalue weighted by molar-refractivity contribution is 6.21. The maximum Gasteiger partial charge on any atom is 0.338 e. The predicted octanol–water partition coefficient (Wildman–Crippen LogP) is 2.98.